The Morgan fingerprint density at radius 1 is 1.27 bits per heavy atom. The van der Waals surface area contributed by atoms with Crippen LogP contribution in [0.5, 0.6) is 0 Å². The summed E-state index contributed by atoms with van der Waals surface area (Å²) in [5, 5.41) is 9.19. The Hall–Kier alpha value is -2.11. The molecule has 0 spiro atoms. The molecule has 2 atom stereocenters. The average molecular weight is 304 g/mol. The van der Waals surface area contributed by atoms with Crippen molar-refractivity contribution >= 4 is 17.7 Å². The fourth-order valence-corrected chi connectivity index (χ4v) is 3.60. The Morgan fingerprint density at radius 3 is 2.59 bits per heavy atom. The lowest BCUT2D eigenvalue weighted by Crippen LogP contribution is -2.30. The maximum absolute atomic E-state index is 12.7. The molecule has 0 aromatic carbocycles. The molecule has 2 heterocycles. The number of carboxylic acid groups (broad SMARTS) is 1. The van der Waals surface area contributed by atoms with Crippen LogP contribution in [-0.2, 0) is 11.2 Å². The lowest BCUT2D eigenvalue weighted by molar-refractivity contribution is -0.142. The molecule has 0 saturated carbocycles. The van der Waals surface area contributed by atoms with E-state index < -0.39 is 11.9 Å². The van der Waals surface area contributed by atoms with Gasteiger partial charge >= 0.3 is 5.97 Å². The monoisotopic (exact) mass is 304 g/mol. The minimum Gasteiger partial charge on any atom is -0.481 e. The van der Waals surface area contributed by atoms with E-state index in [-0.39, 0.29) is 24.2 Å². The lowest BCUT2D eigenvalue weighted by Gasteiger charge is -2.15. The zero-order valence-electron chi connectivity index (χ0n) is 12.8. The van der Waals surface area contributed by atoms with Gasteiger partial charge in [0.2, 0.25) is 0 Å². The molecule has 0 bridgehead atoms. The molecule has 6 nitrogen and oxygen atoms in total. The normalized spacial score (nSPS) is 24.5. The molecule has 0 unspecified atom stereocenters. The summed E-state index contributed by atoms with van der Waals surface area (Å²) < 4.78 is 0. The minimum atomic E-state index is -0.861. The second kappa shape index (κ2) is 5.26. The minimum absolute atomic E-state index is 0.0621. The van der Waals surface area contributed by atoms with Crippen LogP contribution in [0.3, 0.4) is 0 Å². The Labute approximate surface area is 128 Å². The number of aromatic nitrogens is 1. The second-order valence-electron chi connectivity index (χ2n) is 6.39. The molecule has 2 N–H and O–H groups in total. The molecule has 1 aromatic heterocycles. The quantitative estimate of drug-likeness (QED) is 0.869. The number of fused-ring (bicyclic) bond motifs is 1. The van der Waals surface area contributed by atoms with E-state index in [2.05, 4.69) is 4.98 Å². The Bertz CT molecular complexity index is 661. The summed E-state index contributed by atoms with van der Waals surface area (Å²) in [4.78, 5) is 40.6. The summed E-state index contributed by atoms with van der Waals surface area (Å²) in [7, 11) is 0. The van der Waals surface area contributed by atoms with Crippen molar-refractivity contribution in [3.8, 4) is 0 Å². The van der Waals surface area contributed by atoms with Crippen molar-refractivity contribution in [2.75, 3.05) is 13.1 Å². The van der Waals surface area contributed by atoms with E-state index in [0.29, 0.717) is 29.8 Å². The van der Waals surface area contributed by atoms with E-state index in [4.69, 9.17) is 0 Å². The number of rotatable bonds is 2. The molecule has 1 aliphatic carbocycles. The zero-order chi connectivity index (χ0) is 16.0. The molecule has 1 aromatic rings. The predicted molar refractivity (Wildman–Crippen MR) is 79.0 cm³/mol. The number of nitrogens with one attached hydrogen (secondary N) is 1. The summed E-state index contributed by atoms with van der Waals surface area (Å²) in [6.45, 7) is 4.31. The van der Waals surface area contributed by atoms with Crippen LogP contribution in [0.4, 0.5) is 0 Å². The van der Waals surface area contributed by atoms with Crippen LogP contribution in [-0.4, -0.2) is 45.7 Å². The van der Waals surface area contributed by atoms with Crippen LogP contribution in [0.15, 0.2) is 0 Å². The number of aliphatic carboxylic acids is 1. The van der Waals surface area contributed by atoms with Gasteiger partial charge < -0.3 is 15.0 Å². The van der Waals surface area contributed by atoms with Gasteiger partial charge in [-0.1, -0.05) is 6.92 Å². The number of carboxylic acids is 1. The van der Waals surface area contributed by atoms with Gasteiger partial charge in [0.25, 0.3) is 5.91 Å². The van der Waals surface area contributed by atoms with Crippen LogP contribution in [0.2, 0.25) is 0 Å². The summed E-state index contributed by atoms with van der Waals surface area (Å²) in [5.41, 5.74) is 2.66. The fourth-order valence-electron chi connectivity index (χ4n) is 3.60. The lowest BCUT2D eigenvalue weighted by atomic mass is 9.94. The van der Waals surface area contributed by atoms with Gasteiger partial charge in [-0.05, 0) is 31.2 Å². The number of amides is 1. The highest BCUT2D eigenvalue weighted by Gasteiger charge is 2.38. The number of aromatic amines is 1. The van der Waals surface area contributed by atoms with E-state index >= 15 is 0 Å². The third kappa shape index (κ3) is 2.23. The van der Waals surface area contributed by atoms with Gasteiger partial charge in [0.1, 0.15) is 5.69 Å². The molecule has 6 heteroatoms. The molecular formula is C16H20N2O4. The Kier molecular flexibility index (Phi) is 3.54. The Balaban J connectivity index is 1.88. The van der Waals surface area contributed by atoms with Gasteiger partial charge in [-0.3, -0.25) is 14.4 Å². The highest BCUT2D eigenvalue weighted by molar-refractivity contribution is 6.04. The molecule has 1 saturated heterocycles. The number of H-pyrrole nitrogens is 1. The van der Waals surface area contributed by atoms with E-state index in [1.165, 1.54) is 0 Å². The molecule has 3 rings (SSSR count). The van der Waals surface area contributed by atoms with Gasteiger partial charge in [-0.2, -0.15) is 0 Å². The van der Waals surface area contributed by atoms with E-state index in [1.54, 1.807) is 11.8 Å². The zero-order valence-corrected chi connectivity index (χ0v) is 12.8. The number of nitrogens with zero attached hydrogens (tertiary/aromatic N) is 1. The molecule has 0 radical (unpaired) electrons. The van der Waals surface area contributed by atoms with E-state index in [1.807, 2.05) is 6.92 Å². The van der Waals surface area contributed by atoms with Gasteiger partial charge in [0.15, 0.2) is 5.78 Å². The van der Waals surface area contributed by atoms with Crippen LogP contribution >= 0.6 is 0 Å². The van der Waals surface area contributed by atoms with Gasteiger partial charge in [0.05, 0.1) is 5.92 Å². The maximum atomic E-state index is 12.7. The summed E-state index contributed by atoms with van der Waals surface area (Å²) in [6.07, 6.45) is 2.12. The smallest absolute Gasteiger partial charge is 0.308 e. The highest BCUT2D eigenvalue weighted by atomic mass is 16.4. The molecule has 1 amide bonds. The largest absolute Gasteiger partial charge is 0.481 e. The first-order valence-corrected chi connectivity index (χ1v) is 7.67. The molecule has 22 heavy (non-hydrogen) atoms. The van der Waals surface area contributed by atoms with Crippen LogP contribution < -0.4 is 0 Å². The summed E-state index contributed by atoms with van der Waals surface area (Å²) in [5.74, 6) is -1.55. The maximum Gasteiger partial charge on any atom is 0.308 e. The van der Waals surface area contributed by atoms with Crippen molar-refractivity contribution in [1.29, 1.82) is 0 Å². The molecule has 1 fully saturated rings. The van der Waals surface area contributed by atoms with Gasteiger partial charge in [-0.25, -0.2) is 0 Å². The number of Topliss-reactive ketones (excluding diaryl/α,β-unsaturated/α-hetero) is 1. The van der Waals surface area contributed by atoms with Crippen molar-refractivity contribution in [1.82, 2.24) is 9.88 Å². The first kappa shape index (κ1) is 14.8. The van der Waals surface area contributed by atoms with Crippen LogP contribution in [0.1, 0.15) is 51.9 Å². The Morgan fingerprint density at radius 2 is 2.00 bits per heavy atom. The fraction of sp³-hybridized carbons (Fsp3) is 0.562. The molecule has 118 valence electrons. The van der Waals surface area contributed by atoms with Crippen molar-refractivity contribution < 1.29 is 19.5 Å². The molecular weight excluding hydrogens is 284 g/mol. The third-order valence-corrected chi connectivity index (χ3v) is 4.87. The number of aryl methyl sites for hydroxylation is 1. The summed E-state index contributed by atoms with van der Waals surface area (Å²) in [6, 6.07) is 0. The number of carbonyl (C=O) groups excluding carboxylic acids is 2. The predicted octanol–water partition coefficient (Wildman–Crippen LogP) is 1.63. The number of hydrogen-bond donors (Lipinski definition) is 2. The van der Waals surface area contributed by atoms with E-state index in [0.717, 1.165) is 18.5 Å². The van der Waals surface area contributed by atoms with Crippen LogP contribution in [0.25, 0.3) is 0 Å². The first-order valence-electron chi connectivity index (χ1n) is 7.67. The number of ketones is 1. The van der Waals surface area contributed by atoms with Crippen molar-refractivity contribution in [2.24, 2.45) is 11.8 Å². The van der Waals surface area contributed by atoms with E-state index in [9.17, 15) is 19.5 Å². The van der Waals surface area contributed by atoms with Crippen LogP contribution in [0, 0.1) is 18.8 Å². The van der Waals surface area contributed by atoms with Crippen molar-refractivity contribution in [3.05, 3.63) is 22.5 Å². The highest BCUT2D eigenvalue weighted by Crippen LogP contribution is 2.29. The topological polar surface area (TPSA) is 90.5 Å². The third-order valence-electron chi connectivity index (χ3n) is 4.87. The molecule has 1 aliphatic heterocycles. The first-order chi connectivity index (χ1) is 10.4. The van der Waals surface area contributed by atoms with Crippen molar-refractivity contribution in [2.45, 2.75) is 33.1 Å². The average Bonchev–Trinajstić information content (AvgIpc) is 3.00. The SMILES string of the molecule is Cc1c(C(=O)N2C[C@@H](C)[C@H](C(=O)O)C2)[nH]c2c1C(=O)CCC2. The number of hydrogen-bond acceptors (Lipinski definition) is 3. The molecule has 2 aliphatic rings. The summed E-state index contributed by atoms with van der Waals surface area (Å²) >= 11 is 0. The standard InChI is InChI=1S/C16H20N2O4/c1-8-6-18(7-10(8)16(21)22)15(20)14-9(2)13-11(17-14)4-3-5-12(13)19/h8,10,17H,3-7H2,1-2H3,(H,21,22)/t8-,10-/m1/s1. The van der Waals surface area contributed by atoms with Gasteiger partial charge in [0, 0.05) is 30.8 Å². The number of likely N-dealkylation sites (tertiary alicyclic amines) is 1. The number of carbonyl (C=O) groups is 3. The second-order valence-corrected chi connectivity index (χ2v) is 6.39. The van der Waals surface area contributed by atoms with Gasteiger partial charge in [-0.15, -0.1) is 0 Å². The van der Waals surface area contributed by atoms with Crippen molar-refractivity contribution in [3.63, 3.8) is 0 Å².